The van der Waals surface area contributed by atoms with E-state index < -0.39 is 0 Å². The summed E-state index contributed by atoms with van der Waals surface area (Å²) in [5.74, 6) is 0.761. The number of benzene rings is 2. The summed E-state index contributed by atoms with van der Waals surface area (Å²) in [5.41, 5.74) is 2.67. The van der Waals surface area contributed by atoms with Gasteiger partial charge in [0.15, 0.2) is 0 Å². The number of carbonyl (C=O) groups excluding carboxylic acids is 2. The number of fused-ring (bicyclic) bond motifs is 2. The Hall–Kier alpha value is -4.46. The Labute approximate surface area is 260 Å². The average molecular weight is 597 g/mol. The van der Waals surface area contributed by atoms with Gasteiger partial charge in [0.05, 0.1) is 0 Å². The number of nitrogens with zero attached hydrogens (tertiary/aromatic N) is 2. The molecule has 4 aromatic rings. The highest BCUT2D eigenvalue weighted by Crippen LogP contribution is 2.26. The molecular formula is C36H44N4O4. The van der Waals surface area contributed by atoms with Gasteiger partial charge in [0.1, 0.15) is 47.1 Å². The van der Waals surface area contributed by atoms with Crippen molar-refractivity contribution in [2.75, 3.05) is 26.3 Å². The molecule has 2 aromatic carbocycles. The number of aromatic nitrogens is 2. The molecule has 8 heteroatoms. The molecule has 2 heterocycles. The van der Waals surface area contributed by atoms with Gasteiger partial charge in [-0.3, -0.25) is 9.59 Å². The highest BCUT2D eigenvalue weighted by molar-refractivity contribution is 5.96. The summed E-state index contributed by atoms with van der Waals surface area (Å²) in [7, 11) is 0. The van der Waals surface area contributed by atoms with E-state index in [2.05, 4.69) is 41.0 Å². The SMILES string of the molecule is C=C(COc1cccc2ccc(C(=O)NCCCCCC)nc12)COc1cccc2ccc(C(=O)NCCCCCC)nc12. The number of pyridine rings is 2. The molecule has 232 valence electrons. The standard InChI is InChI=1S/C36H44N4O4/c1-4-6-8-10-22-37-35(41)29-20-18-27-14-12-16-31(33(27)39-29)43-24-26(3)25-44-32-17-13-15-28-19-21-30(40-34(28)32)36(42)38-23-11-9-7-5-2/h12-21H,3-11,22-25H2,1-2H3,(H,37,41)(H,38,42). The third-order valence-corrected chi connectivity index (χ3v) is 7.33. The Morgan fingerprint density at radius 2 is 1.09 bits per heavy atom. The molecule has 0 aliphatic heterocycles. The van der Waals surface area contributed by atoms with Crippen LogP contribution in [-0.2, 0) is 0 Å². The molecular weight excluding hydrogens is 552 g/mol. The molecule has 0 aliphatic carbocycles. The molecule has 4 rings (SSSR count). The van der Waals surface area contributed by atoms with Crippen LogP contribution in [0.4, 0.5) is 0 Å². The fourth-order valence-corrected chi connectivity index (χ4v) is 4.82. The zero-order chi connectivity index (χ0) is 31.1. The Morgan fingerprint density at radius 1 is 0.636 bits per heavy atom. The van der Waals surface area contributed by atoms with E-state index in [1.54, 1.807) is 12.1 Å². The minimum Gasteiger partial charge on any atom is -0.487 e. The molecule has 8 nitrogen and oxygen atoms in total. The number of unbranched alkanes of at least 4 members (excludes halogenated alkanes) is 6. The number of para-hydroxylation sites is 2. The number of ether oxygens (including phenoxy) is 2. The van der Waals surface area contributed by atoms with Crippen LogP contribution >= 0.6 is 0 Å². The van der Waals surface area contributed by atoms with Crippen LogP contribution in [0.3, 0.4) is 0 Å². The van der Waals surface area contributed by atoms with E-state index in [4.69, 9.17) is 9.47 Å². The number of amides is 2. The topological polar surface area (TPSA) is 102 Å². The summed E-state index contributed by atoms with van der Waals surface area (Å²) < 4.78 is 12.2. The summed E-state index contributed by atoms with van der Waals surface area (Å²) in [6, 6.07) is 18.6. The van der Waals surface area contributed by atoms with E-state index in [9.17, 15) is 9.59 Å². The van der Waals surface area contributed by atoms with E-state index in [0.717, 1.165) is 49.3 Å². The van der Waals surface area contributed by atoms with Crippen LogP contribution < -0.4 is 20.1 Å². The highest BCUT2D eigenvalue weighted by Gasteiger charge is 2.13. The van der Waals surface area contributed by atoms with Crippen LogP contribution in [0.1, 0.15) is 86.2 Å². The largest absolute Gasteiger partial charge is 0.487 e. The third-order valence-electron chi connectivity index (χ3n) is 7.33. The second kappa shape index (κ2) is 17.0. The van der Waals surface area contributed by atoms with Crippen molar-refractivity contribution in [3.8, 4) is 11.5 Å². The second-order valence-electron chi connectivity index (χ2n) is 11.0. The first-order valence-electron chi connectivity index (χ1n) is 15.8. The van der Waals surface area contributed by atoms with Gasteiger partial charge in [0.25, 0.3) is 11.8 Å². The van der Waals surface area contributed by atoms with Gasteiger partial charge in [-0.15, -0.1) is 0 Å². The smallest absolute Gasteiger partial charge is 0.269 e. The zero-order valence-corrected chi connectivity index (χ0v) is 26.0. The molecule has 0 bridgehead atoms. The first kappa shape index (κ1) is 32.5. The van der Waals surface area contributed by atoms with Gasteiger partial charge in [0.2, 0.25) is 0 Å². The molecule has 0 saturated heterocycles. The van der Waals surface area contributed by atoms with Gasteiger partial charge in [-0.25, -0.2) is 9.97 Å². The molecule has 2 aromatic heterocycles. The molecule has 0 aliphatic rings. The lowest BCUT2D eigenvalue weighted by Crippen LogP contribution is -2.25. The molecule has 0 radical (unpaired) electrons. The molecule has 44 heavy (non-hydrogen) atoms. The van der Waals surface area contributed by atoms with Crippen LogP contribution in [0.15, 0.2) is 72.8 Å². The van der Waals surface area contributed by atoms with Crippen molar-refractivity contribution in [3.05, 3.63) is 84.2 Å². The normalized spacial score (nSPS) is 11.0. The zero-order valence-electron chi connectivity index (χ0n) is 26.0. The summed E-state index contributed by atoms with van der Waals surface area (Å²) in [6.45, 7) is 10.1. The summed E-state index contributed by atoms with van der Waals surface area (Å²) in [5, 5.41) is 7.69. The highest BCUT2D eigenvalue weighted by atomic mass is 16.5. The maximum atomic E-state index is 12.7. The van der Waals surface area contributed by atoms with Gasteiger partial charge in [-0.05, 0) is 42.7 Å². The first-order valence-corrected chi connectivity index (χ1v) is 15.8. The fourth-order valence-electron chi connectivity index (χ4n) is 4.82. The van der Waals surface area contributed by atoms with Crippen molar-refractivity contribution in [1.82, 2.24) is 20.6 Å². The maximum Gasteiger partial charge on any atom is 0.269 e. The van der Waals surface area contributed by atoms with E-state index in [1.807, 2.05) is 48.5 Å². The van der Waals surface area contributed by atoms with Crippen molar-refractivity contribution in [1.29, 1.82) is 0 Å². The van der Waals surface area contributed by atoms with Gasteiger partial charge in [-0.2, -0.15) is 0 Å². The molecule has 2 N–H and O–H groups in total. The molecule has 0 spiro atoms. The van der Waals surface area contributed by atoms with Gasteiger partial charge in [-0.1, -0.05) is 95.3 Å². The first-order chi connectivity index (χ1) is 21.5. The quantitative estimate of drug-likeness (QED) is 0.0916. The van der Waals surface area contributed by atoms with Crippen LogP contribution in [-0.4, -0.2) is 48.1 Å². The average Bonchev–Trinajstić information content (AvgIpc) is 3.05. The van der Waals surface area contributed by atoms with Crippen molar-refractivity contribution < 1.29 is 19.1 Å². The minimum atomic E-state index is -0.188. The van der Waals surface area contributed by atoms with Crippen LogP contribution in [0.5, 0.6) is 11.5 Å². The van der Waals surface area contributed by atoms with E-state index in [0.29, 0.717) is 52.6 Å². The minimum absolute atomic E-state index is 0.188. The lowest BCUT2D eigenvalue weighted by molar-refractivity contribution is 0.0940. The van der Waals surface area contributed by atoms with E-state index >= 15 is 0 Å². The molecule has 0 unspecified atom stereocenters. The number of carbonyl (C=O) groups is 2. The fraction of sp³-hybridized carbons (Fsp3) is 0.389. The van der Waals surface area contributed by atoms with E-state index in [1.165, 1.54) is 12.8 Å². The van der Waals surface area contributed by atoms with Gasteiger partial charge in [0, 0.05) is 23.9 Å². The van der Waals surface area contributed by atoms with Crippen molar-refractivity contribution >= 4 is 33.6 Å². The monoisotopic (exact) mass is 596 g/mol. The Balaban J connectivity index is 1.35. The maximum absolute atomic E-state index is 12.7. The van der Waals surface area contributed by atoms with Gasteiger partial charge >= 0.3 is 0 Å². The molecule has 0 saturated carbocycles. The van der Waals surface area contributed by atoms with Gasteiger partial charge < -0.3 is 20.1 Å². The lowest BCUT2D eigenvalue weighted by atomic mass is 10.1. The number of nitrogens with one attached hydrogen (secondary N) is 2. The molecule has 2 amide bonds. The van der Waals surface area contributed by atoms with Crippen molar-refractivity contribution in [2.45, 2.75) is 65.2 Å². The predicted molar refractivity (Wildman–Crippen MR) is 177 cm³/mol. The number of rotatable bonds is 18. The lowest BCUT2D eigenvalue weighted by Gasteiger charge is -2.13. The van der Waals surface area contributed by atoms with Crippen LogP contribution in [0.25, 0.3) is 21.8 Å². The Morgan fingerprint density at radius 3 is 1.52 bits per heavy atom. The number of hydrogen-bond donors (Lipinski definition) is 2. The van der Waals surface area contributed by atoms with Crippen molar-refractivity contribution in [2.24, 2.45) is 0 Å². The Kier molecular flexibility index (Phi) is 12.5. The number of hydrogen-bond acceptors (Lipinski definition) is 6. The van der Waals surface area contributed by atoms with E-state index in [-0.39, 0.29) is 25.0 Å². The summed E-state index contributed by atoms with van der Waals surface area (Å²) in [6.07, 6.45) is 8.75. The predicted octanol–water partition coefficient (Wildman–Crippen LogP) is 7.42. The van der Waals surface area contributed by atoms with Crippen LogP contribution in [0, 0.1) is 0 Å². The van der Waals surface area contributed by atoms with Crippen molar-refractivity contribution in [3.63, 3.8) is 0 Å². The molecule has 0 atom stereocenters. The Bertz CT molecular complexity index is 1450. The summed E-state index contributed by atoms with van der Waals surface area (Å²) in [4.78, 5) is 34.6. The second-order valence-corrected chi connectivity index (χ2v) is 11.0. The molecule has 0 fully saturated rings. The van der Waals surface area contributed by atoms with Crippen LogP contribution in [0.2, 0.25) is 0 Å². The summed E-state index contributed by atoms with van der Waals surface area (Å²) >= 11 is 0. The third kappa shape index (κ3) is 9.27.